The van der Waals surface area contributed by atoms with Crippen LogP contribution in [0.15, 0.2) is 0 Å². The van der Waals surface area contributed by atoms with Gasteiger partial charge in [0.05, 0.1) is 0 Å². The third-order valence-corrected chi connectivity index (χ3v) is 3.71. The Hall–Kier alpha value is -0.570. The molecule has 3 heteroatoms. The number of amides is 1. The molecule has 0 aromatic heterocycles. The molecule has 0 unspecified atom stereocenters. The van der Waals surface area contributed by atoms with Gasteiger partial charge < -0.3 is 4.90 Å². The van der Waals surface area contributed by atoms with E-state index < -0.39 is 0 Å². The highest BCUT2D eigenvalue weighted by Crippen LogP contribution is 2.33. The molecule has 1 saturated heterocycles. The predicted octanol–water partition coefficient (Wildman–Crippen LogP) is 2.36. The molecule has 0 saturated carbocycles. The van der Waals surface area contributed by atoms with Gasteiger partial charge in [-0.05, 0) is 26.2 Å². The van der Waals surface area contributed by atoms with Crippen molar-refractivity contribution in [2.45, 2.75) is 59.5 Å². The average Bonchev–Trinajstić information content (AvgIpc) is 2.25. The van der Waals surface area contributed by atoms with Crippen LogP contribution >= 0.6 is 0 Å². The number of likely N-dealkylation sites (N-methyl/N-ethyl adjacent to an activating group) is 1. The molecule has 1 heterocycles. The highest BCUT2D eigenvalue weighted by atomic mass is 16.2. The van der Waals surface area contributed by atoms with Crippen molar-refractivity contribution in [1.29, 1.82) is 0 Å². The third kappa shape index (κ3) is 3.44. The molecule has 17 heavy (non-hydrogen) atoms. The second-order valence-electron chi connectivity index (χ2n) is 7.27. The SMILES string of the molecule is CN1CCN(C(C)(C)C)[C@H](C(C)(C)C)CC1=O. The zero-order valence-electron chi connectivity index (χ0n) is 12.5. The number of hydrogen-bond donors (Lipinski definition) is 0. The molecule has 0 aliphatic carbocycles. The molecule has 1 atom stereocenters. The number of rotatable bonds is 0. The van der Waals surface area contributed by atoms with E-state index in [1.165, 1.54) is 0 Å². The van der Waals surface area contributed by atoms with Crippen molar-refractivity contribution in [2.75, 3.05) is 20.1 Å². The van der Waals surface area contributed by atoms with Crippen molar-refractivity contribution >= 4 is 5.91 Å². The maximum atomic E-state index is 12.0. The van der Waals surface area contributed by atoms with E-state index in [0.717, 1.165) is 13.1 Å². The highest BCUT2D eigenvalue weighted by molar-refractivity contribution is 5.77. The summed E-state index contributed by atoms with van der Waals surface area (Å²) in [6, 6.07) is 0.319. The number of carbonyl (C=O) groups is 1. The Kier molecular flexibility index (Phi) is 3.92. The van der Waals surface area contributed by atoms with Gasteiger partial charge in [0.25, 0.3) is 0 Å². The fraction of sp³-hybridized carbons (Fsp3) is 0.929. The van der Waals surface area contributed by atoms with E-state index in [1.807, 2.05) is 11.9 Å². The van der Waals surface area contributed by atoms with Crippen molar-refractivity contribution in [3.8, 4) is 0 Å². The molecule has 0 N–H and O–H groups in total. The van der Waals surface area contributed by atoms with Crippen LogP contribution in [-0.4, -0.2) is 47.4 Å². The summed E-state index contributed by atoms with van der Waals surface area (Å²) in [6.07, 6.45) is 0.636. The molecule has 1 aliphatic rings. The third-order valence-electron chi connectivity index (χ3n) is 3.71. The quantitative estimate of drug-likeness (QED) is 0.649. The van der Waals surface area contributed by atoms with E-state index in [0.29, 0.717) is 12.5 Å². The van der Waals surface area contributed by atoms with Crippen molar-refractivity contribution in [3.63, 3.8) is 0 Å². The lowest BCUT2D eigenvalue weighted by Crippen LogP contribution is -2.53. The molecule has 3 nitrogen and oxygen atoms in total. The molecule has 0 bridgehead atoms. The molecule has 1 aliphatic heterocycles. The van der Waals surface area contributed by atoms with Crippen LogP contribution in [0.1, 0.15) is 48.0 Å². The second kappa shape index (κ2) is 4.60. The van der Waals surface area contributed by atoms with Gasteiger partial charge in [0, 0.05) is 38.1 Å². The Morgan fingerprint density at radius 3 is 2.00 bits per heavy atom. The topological polar surface area (TPSA) is 23.6 Å². The van der Waals surface area contributed by atoms with Crippen LogP contribution in [0.5, 0.6) is 0 Å². The van der Waals surface area contributed by atoms with Crippen LogP contribution in [0.4, 0.5) is 0 Å². The molecular weight excluding hydrogens is 212 g/mol. The largest absolute Gasteiger partial charge is 0.344 e. The monoisotopic (exact) mass is 240 g/mol. The van der Waals surface area contributed by atoms with E-state index in [9.17, 15) is 4.79 Å². The number of hydrogen-bond acceptors (Lipinski definition) is 2. The molecule has 0 aromatic rings. The van der Waals surface area contributed by atoms with E-state index in [1.54, 1.807) is 0 Å². The van der Waals surface area contributed by atoms with Crippen LogP contribution < -0.4 is 0 Å². The summed E-state index contributed by atoms with van der Waals surface area (Å²) in [5, 5.41) is 0. The average molecular weight is 240 g/mol. The highest BCUT2D eigenvalue weighted by Gasteiger charge is 2.39. The van der Waals surface area contributed by atoms with E-state index in [4.69, 9.17) is 0 Å². The van der Waals surface area contributed by atoms with Gasteiger partial charge >= 0.3 is 0 Å². The van der Waals surface area contributed by atoms with Gasteiger partial charge in [-0.2, -0.15) is 0 Å². The maximum Gasteiger partial charge on any atom is 0.223 e. The molecular formula is C14H28N2O. The van der Waals surface area contributed by atoms with Crippen LogP contribution in [0.25, 0.3) is 0 Å². The van der Waals surface area contributed by atoms with Crippen LogP contribution in [0.3, 0.4) is 0 Å². The second-order valence-corrected chi connectivity index (χ2v) is 7.27. The summed E-state index contributed by atoms with van der Waals surface area (Å²) >= 11 is 0. The summed E-state index contributed by atoms with van der Waals surface area (Å²) in [4.78, 5) is 16.4. The molecule has 0 spiro atoms. The van der Waals surface area contributed by atoms with Gasteiger partial charge in [-0.1, -0.05) is 20.8 Å². The molecule has 100 valence electrons. The summed E-state index contributed by atoms with van der Waals surface area (Å²) in [5.74, 6) is 0.275. The number of carbonyl (C=O) groups excluding carboxylic acids is 1. The summed E-state index contributed by atoms with van der Waals surface area (Å²) < 4.78 is 0. The smallest absolute Gasteiger partial charge is 0.223 e. The maximum absolute atomic E-state index is 12.0. The summed E-state index contributed by atoms with van der Waals surface area (Å²) in [5.41, 5.74) is 0.248. The first-order chi connectivity index (χ1) is 7.53. The minimum absolute atomic E-state index is 0.114. The zero-order chi connectivity index (χ0) is 13.4. The van der Waals surface area contributed by atoms with Crippen LogP contribution in [-0.2, 0) is 4.79 Å². The van der Waals surface area contributed by atoms with Gasteiger partial charge in [-0.3, -0.25) is 9.69 Å². The zero-order valence-corrected chi connectivity index (χ0v) is 12.5. The Morgan fingerprint density at radius 1 is 1.06 bits per heavy atom. The molecule has 1 amide bonds. The molecule has 1 rings (SSSR count). The van der Waals surface area contributed by atoms with Crippen molar-refractivity contribution in [3.05, 3.63) is 0 Å². The lowest BCUT2D eigenvalue weighted by Gasteiger charge is -2.46. The van der Waals surface area contributed by atoms with Gasteiger partial charge in [0.15, 0.2) is 0 Å². The molecule has 1 fully saturated rings. The van der Waals surface area contributed by atoms with E-state index in [-0.39, 0.29) is 16.9 Å². The fourth-order valence-corrected chi connectivity index (χ4v) is 2.55. The summed E-state index contributed by atoms with van der Waals surface area (Å²) in [6.45, 7) is 15.2. The fourth-order valence-electron chi connectivity index (χ4n) is 2.55. The van der Waals surface area contributed by atoms with Crippen molar-refractivity contribution in [1.82, 2.24) is 9.80 Å². The summed E-state index contributed by atoms with van der Waals surface area (Å²) in [7, 11) is 1.91. The van der Waals surface area contributed by atoms with Crippen molar-refractivity contribution < 1.29 is 4.79 Å². The van der Waals surface area contributed by atoms with Gasteiger partial charge in [0.1, 0.15) is 0 Å². The van der Waals surface area contributed by atoms with E-state index >= 15 is 0 Å². The Balaban J connectivity index is 3.03. The predicted molar refractivity (Wildman–Crippen MR) is 72.0 cm³/mol. The molecule has 0 radical (unpaired) electrons. The first-order valence-corrected chi connectivity index (χ1v) is 6.54. The normalized spacial score (nSPS) is 25.0. The first-order valence-electron chi connectivity index (χ1n) is 6.54. The Labute approximate surface area is 106 Å². The lowest BCUT2D eigenvalue weighted by atomic mass is 9.81. The minimum Gasteiger partial charge on any atom is -0.344 e. The number of nitrogens with zero attached hydrogens (tertiary/aromatic N) is 2. The van der Waals surface area contributed by atoms with Gasteiger partial charge in [0.2, 0.25) is 5.91 Å². The molecule has 0 aromatic carbocycles. The van der Waals surface area contributed by atoms with Crippen molar-refractivity contribution in [2.24, 2.45) is 5.41 Å². The first kappa shape index (κ1) is 14.5. The minimum atomic E-state index is 0.114. The lowest BCUT2D eigenvalue weighted by molar-refractivity contribution is -0.130. The van der Waals surface area contributed by atoms with Crippen LogP contribution in [0.2, 0.25) is 0 Å². The Morgan fingerprint density at radius 2 is 1.59 bits per heavy atom. The van der Waals surface area contributed by atoms with Gasteiger partial charge in [-0.25, -0.2) is 0 Å². The Bertz CT molecular complexity index is 286. The van der Waals surface area contributed by atoms with Gasteiger partial charge in [-0.15, -0.1) is 0 Å². The van der Waals surface area contributed by atoms with Crippen LogP contribution in [0, 0.1) is 5.41 Å². The van der Waals surface area contributed by atoms with E-state index in [2.05, 4.69) is 46.4 Å². The standard InChI is InChI=1S/C14H28N2O/c1-13(2,3)11-10-12(17)15(7)8-9-16(11)14(4,5)6/h11H,8-10H2,1-7H3/t11-/m0/s1.